The molecule has 0 spiro atoms. The summed E-state index contributed by atoms with van der Waals surface area (Å²) < 4.78 is 5.53. The molecule has 25 heavy (non-hydrogen) atoms. The largest absolute Gasteiger partial charge is 0.503 e. The third-order valence-electron chi connectivity index (χ3n) is 4.11. The van der Waals surface area contributed by atoms with Crippen LogP contribution in [0.15, 0.2) is 35.9 Å². The molecule has 1 unspecified atom stereocenters. The zero-order valence-corrected chi connectivity index (χ0v) is 15.2. The highest BCUT2D eigenvalue weighted by atomic mass is 16.5. The smallest absolute Gasteiger partial charge is 0.290 e. The van der Waals surface area contributed by atoms with Gasteiger partial charge in [0, 0.05) is 31.5 Å². The van der Waals surface area contributed by atoms with Crippen LogP contribution in [-0.4, -0.2) is 45.9 Å². The molecule has 1 atom stereocenters. The van der Waals surface area contributed by atoms with E-state index < -0.39 is 17.7 Å². The van der Waals surface area contributed by atoms with Crippen LogP contribution < -0.4 is 0 Å². The van der Waals surface area contributed by atoms with Gasteiger partial charge in [-0.25, -0.2) is 0 Å². The second-order valence-electron chi connectivity index (χ2n) is 6.74. The average Bonchev–Trinajstić information content (AvgIpc) is 2.83. The van der Waals surface area contributed by atoms with E-state index in [0.717, 1.165) is 5.56 Å². The Labute approximate surface area is 148 Å². The van der Waals surface area contributed by atoms with Crippen molar-refractivity contribution in [3.05, 3.63) is 41.4 Å². The Hall–Kier alpha value is -2.21. The summed E-state index contributed by atoms with van der Waals surface area (Å²) in [4.78, 5) is 30.7. The molecule has 2 rings (SSSR count). The van der Waals surface area contributed by atoms with Gasteiger partial charge in [-0.1, -0.05) is 13.8 Å². The van der Waals surface area contributed by atoms with Crippen molar-refractivity contribution in [2.75, 3.05) is 13.2 Å². The van der Waals surface area contributed by atoms with Gasteiger partial charge < -0.3 is 14.7 Å². The number of aromatic nitrogens is 1. The average molecular weight is 346 g/mol. The van der Waals surface area contributed by atoms with Gasteiger partial charge in [0.15, 0.2) is 11.5 Å². The van der Waals surface area contributed by atoms with Gasteiger partial charge in [-0.3, -0.25) is 14.6 Å². The van der Waals surface area contributed by atoms with Crippen LogP contribution in [0, 0.1) is 5.92 Å². The van der Waals surface area contributed by atoms with Gasteiger partial charge in [0.2, 0.25) is 0 Å². The van der Waals surface area contributed by atoms with E-state index >= 15 is 0 Å². The Morgan fingerprint density at radius 3 is 2.48 bits per heavy atom. The maximum atomic E-state index is 12.6. The lowest BCUT2D eigenvalue weighted by atomic mass is 9.92. The number of hydrogen-bond donors (Lipinski definition) is 1. The quantitative estimate of drug-likeness (QED) is 0.732. The van der Waals surface area contributed by atoms with E-state index in [-0.39, 0.29) is 23.4 Å². The predicted octanol–water partition coefficient (Wildman–Crippen LogP) is 2.82. The SMILES string of the molecule is CC(C)OCCCN1C(=O)C(O)=C(C(=O)C(C)C)C1c1ccncc1. The molecular weight excluding hydrogens is 320 g/mol. The second kappa shape index (κ2) is 8.25. The summed E-state index contributed by atoms with van der Waals surface area (Å²) in [6.45, 7) is 8.34. The predicted molar refractivity (Wildman–Crippen MR) is 93.9 cm³/mol. The topological polar surface area (TPSA) is 79.7 Å². The summed E-state index contributed by atoms with van der Waals surface area (Å²) in [6.07, 6.45) is 3.98. The fourth-order valence-corrected chi connectivity index (χ4v) is 2.89. The van der Waals surface area contributed by atoms with Crippen LogP contribution in [0.1, 0.15) is 45.7 Å². The molecule has 136 valence electrons. The highest BCUT2D eigenvalue weighted by molar-refractivity contribution is 6.09. The van der Waals surface area contributed by atoms with Crippen LogP contribution >= 0.6 is 0 Å². The van der Waals surface area contributed by atoms with Gasteiger partial charge in [-0.2, -0.15) is 0 Å². The summed E-state index contributed by atoms with van der Waals surface area (Å²) in [5.41, 5.74) is 0.942. The number of ketones is 1. The van der Waals surface area contributed by atoms with Crippen molar-refractivity contribution in [3.8, 4) is 0 Å². The van der Waals surface area contributed by atoms with E-state index in [9.17, 15) is 14.7 Å². The highest BCUT2D eigenvalue weighted by Gasteiger charge is 2.43. The monoisotopic (exact) mass is 346 g/mol. The van der Waals surface area contributed by atoms with Crippen molar-refractivity contribution in [1.82, 2.24) is 9.88 Å². The molecular formula is C19H26N2O4. The summed E-state index contributed by atoms with van der Waals surface area (Å²) in [7, 11) is 0. The number of aliphatic hydroxyl groups is 1. The lowest BCUT2D eigenvalue weighted by molar-refractivity contribution is -0.129. The molecule has 0 radical (unpaired) electrons. The molecule has 0 saturated heterocycles. The normalized spacial score (nSPS) is 17.9. The molecule has 0 saturated carbocycles. The molecule has 6 nitrogen and oxygen atoms in total. The van der Waals surface area contributed by atoms with Crippen LogP contribution in [0.3, 0.4) is 0 Å². The molecule has 1 aromatic rings. The first-order chi connectivity index (χ1) is 11.8. The summed E-state index contributed by atoms with van der Waals surface area (Å²) in [6, 6.07) is 2.95. The van der Waals surface area contributed by atoms with E-state index in [1.165, 1.54) is 0 Å². The minimum atomic E-state index is -0.579. The first kappa shape index (κ1) is 19.1. The minimum absolute atomic E-state index is 0.120. The van der Waals surface area contributed by atoms with E-state index in [0.29, 0.717) is 19.6 Å². The molecule has 1 amide bonds. The first-order valence-electron chi connectivity index (χ1n) is 8.64. The molecule has 1 aliphatic rings. The van der Waals surface area contributed by atoms with Crippen LogP contribution in [0.4, 0.5) is 0 Å². The van der Waals surface area contributed by atoms with Crippen LogP contribution in [0.5, 0.6) is 0 Å². The van der Waals surface area contributed by atoms with Crippen molar-refractivity contribution in [3.63, 3.8) is 0 Å². The Kier molecular flexibility index (Phi) is 6.31. The van der Waals surface area contributed by atoms with Gasteiger partial charge in [0.05, 0.1) is 17.7 Å². The summed E-state index contributed by atoms with van der Waals surface area (Å²) in [5, 5.41) is 10.3. The summed E-state index contributed by atoms with van der Waals surface area (Å²) >= 11 is 0. The molecule has 0 fully saturated rings. The van der Waals surface area contributed by atoms with Crippen molar-refractivity contribution in [1.29, 1.82) is 0 Å². The highest BCUT2D eigenvalue weighted by Crippen LogP contribution is 2.38. The van der Waals surface area contributed by atoms with Crippen molar-refractivity contribution < 1.29 is 19.4 Å². The Morgan fingerprint density at radius 1 is 1.28 bits per heavy atom. The number of ether oxygens (including phenoxy) is 1. The lowest BCUT2D eigenvalue weighted by Crippen LogP contribution is -2.33. The van der Waals surface area contributed by atoms with Gasteiger partial charge in [0.25, 0.3) is 5.91 Å². The lowest BCUT2D eigenvalue weighted by Gasteiger charge is -2.27. The zero-order valence-electron chi connectivity index (χ0n) is 15.2. The molecule has 0 aliphatic carbocycles. The number of carbonyl (C=O) groups is 2. The Bertz CT molecular complexity index is 653. The number of nitrogens with zero attached hydrogens (tertiary/aromatic N) is 2. The zero-order chi connectivity index (χ0) is 18.6. The molecule has 2 heterocycles. The number of rotatable bonds is 8. The molecule has 6 heteroatoms. The minimum Gasteiger partial charge on any atom is -0.503 e. The molecule has 1 aliphatic heterocycles. The number of hydrogen-bond acceptors (Lipinski definition) is 5. The van der Waals surface area contributed by atoms with Crippen LogP contribution in [0.25, 0.3) is 0 Å². The van der Waals surface area contributed by atoms with Gasteiger partial charge in [-0.15, -0.1) is 0 Å². The van der Waals surface area contributed by atoms with Gasteiger partial charge in [0.1, 0.15) is 0 Å². The van der Waals surface area contributed by atoms with Crippen molar-refractivity contribution in [2.45, 2.75) is 46.3 Å². The number of amides is 1. The number of aliphatic hydroxyl groups excluding tert-OH is 1. The van der Waals surface area contributed by atoms with E-state index in [1.54, 1.807) is 43.3 Å². The standard InChI is InChI=1S/C19H26N2O4/c1-12(2)17(22)15-16(14-6-8-20-9-7-14)21(19(24)18(15)23)10-5-11-25-13(3)4/h6-9,12-13,16,23H,5,10-11H2,1-4H3. The Balaban J connectivity index is 2.29. The third-order valence-corrected chi connectivity index (χ3v) is 4.11. The van der Waals surface area contributed by atoms with Gasteiger partial charge in [-0.05, 0) is 38.0 Å². The van der Waals surface area contributed by atoms with E-state index in [1.807, 2.05) is 13.8 Å². The third kappa shape index (κ3) is 4.25. The van der Waals surface area contributed by atoms with Crippen molar-refractivity contribution in [2.24, 2.45) is 5.92 Å². The molecule has 1 aromatic heterocycles. The van der Waals surface area contributed by atoms with E-state index in [4.69, 9.17) is 4.74 Å². The van der Waals surface area contributed by atoms with Crippen LogP contribution in [-0.2, 0) is 14.3 Å². The van der Waals surface area contributed by atoms with Gasteiger partial charge >= 0.3 is 0 Å². The van der Waals surface area contributed by atoms with E-state index in [2.05, 4.69) is 4.98 Å². The fraction of sp³-hybridized carbons (Fsp3) is 0.526. The maximum Gasteiger partial charge on any atom is 0.290 e. The number of Topliss-reactive ketones (excluding diaryl/α,β-unsaturated/α-hetero) is 1. The second-order valence-corrected chi connectivity index (χ2v) is 6.74. The fourth-order valence-electron chi connectivity index (χ4n) is 2.89. The summed E-state index contributed by atoms with van der Waals surface area (Å²) in [5.74, 6) is -1.47. The number of pyridine rings is 1. The molecule has 0 aromatic carbocycles. The van der Waals surface area contributed by atoms with Crippen LogP contribution in [0.2, 0.25) is 0 Å². The molecule has 1 N–H and O–H groups in total. The maximum absolute atomic E-state index is 12.6. The van der Waals surface area contributed by atoms with Crippen molar-refractivity contribution >= 4 is 11.7 Å². The Morgan fingerprint density at radius 2 is 1.92 bits per heavy atom. The molecule has 0 bridgehead atoms. The number of carbonyl (C=O) groups excluding carboxylic acids is 2. The first-order valence-corrected chi connectivity index (χ1v) is 8.64.